The molecule has 0 saturated carbocycles. The lowest BCUT2D eigenvalue weighted by atomic mass is 10.2. The molecule has 0 saturated heterocycles. The normalized spacial score (nSPS) is 10.8. The first-order valence-electron chi connectivity index (χ1n) is 4.80. The summed E-state index contributed by atoms with van der Waals surface area (Å²) in [4.78, 5) is 0. The number of rotatable bonds is 5. The van der Waals surface area contributed by atoms with Crippen LogP contribution in [0.3, 0.4) is 0 Å². The zero-order valence-electron chi connectivity index (χ0n) is 9.01. The van der Waals surface area contributed by atoms with E-state index in [2.05, 4.69) is 0 Å². The molecule has 0 amide bonds. The van der Waals surface area contributed by atoms with Gasteiger partial charge in [0.1, 0.15) is 18.1 Å². The summed E-state index contributed by atoms with van der Waals surface area (Å²) in [5.41, 5.74) is 1.12. The van der Waals surface area contributed by atoms with E-state index in [9.17, 15) is 8.42 Å². The first kappa shape index (κ1) is 12.5. The lowest BCUT2D eigenvalue weighted by Gasteiger charge is -2.05. The van der Waals surface area contributed by atoms with Gasteiger partial charge in [0.25, 0.3) is 0 Å². The molecule has 16 heavy (non-hydrogen) atoms. The van der Waals surface area contributed by atoms with Crippen molar-refractivity contribution in [1.29, 1.82) is 5.26 Å². The number of sulfone groups is 1. The maximum atomic E-state index is 11.2. The first-order valence-corrected chi connectivity index (χ1v) is 6.62. The highest BCUT2D eigenvalue weighted by atomic mass is 32.2. The molecule has 0 aromatic heterocycles. The van der Waals surface area contributed by atoms with Gasteiger partial charge in [0.2, 0.25) is 0 Å². The van der Waals surface area contributed by atoms with Crippen LogP contribution in [0, 0.1) is 18.3 Å². The Morgan fingerprint density at radius 3 is 2.50 bits per heavy atom. The topological polar surface area (TPSA) is 67.2 Å². The molecule has 0 aliphatic carbocycles. The third-order valence-corrected chi connectivity index (χ3v) is 3.33. The van der Waals surface area contributed by atoms with E-state index in [4.69, 9.17) is 10.00 Å². The van der Waals surface area contributed by atoms with Crippen molar-refractivity contribution in [2.75, 3.05) is 18.1 Å². The van der Waals surface area contributed by atoms with Gasteiger partial charge in [0.05, 0.1) is 11.8 Å². The van der Waals surface area contributed by atoms with Gasteiger partial charge in [-0.1, -0.05) is 17.7 Å². The Kier molecular flexibility index (Phi) is 4.32. The second-order valence-electron chi connectivity index (χ2n) is 3.41. The van der Waals surface area contributed by atoms with Crippen molar-refractivity contribution < 1.29 is 13.2 Å². The van der Waals surface area contributed by atoms with Gasteiger partial charge in [-0.05, 0) is 19.1 Å². The van der Waals surface area contributed by atoms with Crippen molar-refractivity contribution >= 4 is 9.84 Å². The van der Waals surface area contributed by atoms with Crippen LogP contribution >= 0.6 is 0 Å². The van der Waals surface area contributed by atoms with Gasteiger partial charge in [-0.15, -0.1) is 0 Å². The number of nitriles is 1. The lowest BCUT2D eigenvalue weighted by molar-refractivity contribution is 0.341. The van der Waals surface area contributed by atoms with Crippen LogP contribution in [-0.2, 0) is 9.84 Å². The summed E-state index contributed by atoms with van der Waals surface area (Å²) < 4.78 is 27.6. The van der Waals surface area contributed by atoms with Gasteiger partial charge in [0.15, 0.2) is 9.84 Å². The quantitative estimate of drug-likeness (QED) is 0.777. The molecule has 1 aromatic carbocycles. The molecule has 1 aromatic rings. The van der Waals surface area contributed by atoms with E-state index in [0.717, 1.165) is 5.56 Å². The van der Waals surface area contributed by atoms with Crippen LogP contribution < -0.4 is 4.74 Å². The summed E-state index contributed by atoms with van der Waals surface area (Å²) in [7, 11) is -3.30. The smallest absolute Gasteiger partial charge is 0.166 e. The molecule has 0 aliphatic rings. The first-order chi connectivity index (χ1) is 7.53. The van der Waals surface area contributed by atoms with Crippen molar-refractivity contribution in [1.82, 2.24) is 0 Å². The fraction of sp³-hybridized carbons (Fsp3) is 0.364. The standard InChI is InChI=1S/C11H13NO3S/c1-10-2-4-11(5-3-10)15-7-9-16(13,14)8-6-12/h2-5H,7-9H2,1H3. The molecule has 0 aliphatic heterocycles. The number of aryl methyl sites for hydroxylation is 1. The number of benzene rings is 1. The Hall–Kier alpha value is -1.54. The molecule has 5 heteroatoms. The highest BCUT2D eigenvalue weighted by molar-refractivity contribution is 7.91. The zero-order chi connectivity index (χ0) is 12.0. The minimum absolute atomic E-state index is 0.0765. The molecule has 0 atom stereocenters. The van der Waals surface area contributed by atoms with Gasteiger partial charge < -0.3 is 4.74 Å². The Morgan fingerprint density at radius 2 is 1.94 bits per heavy atom. The Balaban J connectivity index is 2.42. The SMILES string of the molecule is Cc1ccc(OCCS(=O)(=O)CC#N)cc1. The minimum Gasteiger partial charge on any atom is -0.493 e. The average molecular weight is 239 g/mol. The van der Waals surface area contributed by atoms with Crippen LogP contribution in [0.2, 0.25) is 0 Å². The Bertz CT molecular complexity index is 471. The predicted octanol–water partition coefficient (Wildman–Crippen LogP) is 1.31. The lowest BCUT2D eigenvalue weighted by Crippen LogP contribution is -2.16. The van der Waals surface area contributed by atoms with Crippen molar-refractivity contribution in [2.45, 2.75) is 6.92 Å². The van der Waals surface area contributed by atoms with Gasteiger partial charge in [-0.3, -0.25) is 0 Å². The molecule has 0 heterocycles. The summed E-state index contributed by atoms with van der Waals surface area (Å²) in [5, 5.41) is 8.28. The van der Waals surface area contributed by atoms with Gasteiger partial charge in [-0.2, -0.15) is 5.26 Å². The van der Waals surface area contributed by atoms with Crippen LogP contribution in [0.4, 0.5) is 0 Å². The van der Waals surface area contributed by atoms with Gasteiger partial charge in [-0.25, -0.2) is 8.42 Å². The molecular weight excluding hydrogens is 226 g/mol. The highest BCUT2D eigenvalue weighted by Crippen LogP contribution is 2.11. The van der Waals surface area contributed by atoms with Crippen molar-refractivity contribution in [3.63, 3.8) is 0 Å². The number of hydrogen-bond acceptors (Lipinski definition) is 4. The molecule has 86 valence electrons. The van der Waals surface area contributed by atoms with E-state index in [1.807, 2.05) is 19.1 Å². The third kappa shape index (κ3) is 4.32. The van der Waals surface area contributed by atoms with Gasteiger partial charge in [0, 0.05) is 0 Å². The molecular formula is C11H13NO3S. The molecule has 0 bridgehead atoms. The number of hydrogen-bond donors (Lipinski definition) is 0. The van der Waals surface area contributed by atoms with Crippen molar-refractivity contribution in [3.8, 4) is 11.8 Å². The van der Waals surface area contributed by atoms with Gasteiger partial charge >= 0.3 is 0 Å². The molecule has 0 radical (unpaired) electrons. The maximum Gasteiger partial charge on any atom is 0.166 e. The minimum atomic E-state index is -3.30. The summed E-state index contributed by atoms with van der Waals surface area (Å²) in [6.45, 7) is 2.04. The maximum absolute atomic E-state index is 11.2. The van der Waals surface area contributed by atoms with E-state index in [1.54, 1.807) is 18.2 Å². The summed E-state index contributed by atoms with van der Waals surface area (Å²) >= 11 is 0. The molecule has 4 nitrogen and oxygen atoms in total. The van der Waals surface area contributed by atoms with Crippen LogP contribution in [0.5, 0.6) is 5.75 Å². The largest absolute Gasteiger partial charge is 0.493 e. The fourth-order valence-corrected chi connectivity index (χ4v) is 1.77. The monoisotopic (exact) mass is 239 g/mol. The second kappa shape index (κ2) is 5.52. The highest BCUT2D eigenvalue weighted by Gasteiger charge is 2.09. The second-order valence-corrected chi connectivity index (χ2v) is 5.60. The third-order valence-electron chi connectivity index (χ3n) is 1.97. The fourth-order valence-electron chi connectivity index (χ4n) is 1.09. The molecule has 0 spiro atoms. The van der Waals surface area contributed by atoms with Crippen LogP contribution in [0.1, 0.15) is 5.56 Å². The predicted molar refractivity (Wildman–Crippen MR) is 60.9 cm³/mol. The van der Waals surface area contributed by atoms with Crippen molar-refractivity contribution in [3.05, 3.63) is 29.8 Å². The number of ether oxygens (including phenoxy) is 1. The van der Waals surface area contributed by atoms with E-state index < -0.39 is 15.6 Å². The molecule has 1 rings (SSSR count). The van der Waals surface area contributed by atoms with E-state index >= 15 is 0 Å². The van der Waals surface area contributed by atoms with E-state index in [0.29, 0.717) is 5.75 Å². The zero-order valence-corrected chi connectivity index (χ0v) is 9.83. The Morgan fingerprint density at radius 1 is 1.31 bits per heavy atom. The molecule has 0 unspecified atom stereocenters. The van der Waals surface area contributed by atoms with E-state index in [-0.39, 0.29) is 12.4 Å². The molecule has 0 fully saturated rings. The summed E-state index contributed by atoms with van der Waals surface area (Å²) in [6, 6.07) is 8.96. The summed E-state index contributed by atoms with van der Waals surface area (Å²) in [5.74, 6) is 0.0522. The average Bonchev–Trinajstić information content (AvgIpc) is 2.20. The Labute approximate surface area is 95.4 Å². The van der Waals surface area contributed by atoms with Crippen LogP contribution in [0.15, 0.2) is 24.3 Å². The van der Waals surface area contributed by atoms with Crippen LogP contribution in [-0.4, -0.2) is 26.5 Å². The molecule has 0 N–H and O–H groups in total. The van der Waals surface area contributed by atoms with Crippen LogP contribution in [0.25, 0.3) is 0 Å². The van der Waals surface area contributed by atoms with E-state index in [1.165, 1.54) is 0 Å². The number of nitrogens with zero attached hydrogens (tertiary/aromatic N) is 1. The summed E-state index contributed by atoms with van der Waals surface area (Å²) in [6.07, 6.45) is 0. The van der Waals surface area contributed by atoms with Crippen molar-refractivity contribution in [2.24, 2.45) is 0 Å².